The third kappa shape index (κ3) is 2.80. The fraction of sp³-hybridized carbons (Fsp3) is 0. The lowest BCUT2D eigenvalue weighted by Gasteiger charge is -2.16. The summed E-state index contributed by atoms with van der Waals surface area (Å²) < 4.78 is 0. The second-order valence-corrected chi connectivity index (χ2v) is 10.6. The van der Waals surface area contributed by atoms with Gasteiger partial charge in [-0.15, -0.1) is 0 Å². The molecule has 0 amide bonds. The van der Waals surface area contributed by atoms with Gasteiger partial charge in [0.15, 0.2) is 0 Å². The minimum absolute atomic E-state index is 0.897. The third-order valence-electron chi connectivity index (χ3n) is 8.82. The quantitative estimate of drug-likeness (QED) is 0.239. The van der Waals surface area contributed by atoms with Gasteiger partial charge in [0.25, 0.3) is 0 Å². The van der Waals surface area contributed by atoms with Crippen LogP contribution < -0.4 is 31.3 Å². The summed E-state index contributed by atoms with van der Waals surface area (Å²) in [5.74, 6) is 0. The van der Waals surface area contributed by atoms with Crippen LogP contribution in [0.2, 0.25) is 0 Å². The molecule has 0 aliphatic rings. The van der Waals surface area contributed by atoms with Gasteiger partial charge in [-0.1, -0.05) is 125 Å². The average Bonchev–Trinajstić information content (AvgIpc) is 2.99. The van der Waals surface area contributed by atoms with Crippen LogP contribution in [0.25, 0.3) is 116 Å². The Morgan fingerprint density at radius 3 is 0.850 bits per heavy atom. The maximum Gasteiger partial charge on any atom is -0.00203 e. The van der Waals surface area contributed by atoms with E-state index in [1.54, 1.807) is 0 Å². The SMILES string of the molecule is C=Cc1cccc2c1c(=C)c(=C)c1c2ccc2c3ccc4c5cccc(C=C)c5c(=C)c(=C)c4c3c(=C)c(=C)c21. The highest BCUT2D eigenvalue weighted by Gasteiger charge is 2.16. The molecule has 7 aromatic carbocycles. The highest BCUT2D eigenvalue weighted by Crippen LogP contribution is 2.33. The van der Waals surface area contributed by atoms with Crippen molar-refractivity contribution < 1.29 is 0 Å². The summed E-state index contributed by atoms with van der Waals surface area (Å²) >= 11 is 0. The van der Waals surface area contributed by atoms with E-state index in [1.807, 2.05) is 12.2 Å². The molecule has 0 heterocycles. The number of hydrogen-bond acceptors (Lipinski definition) is 0. The Labute approximate surface area is 232 Å². The molecule has 40 heavy (non-hydrogen) atoms. The molecule has 7 aromatic rings. The van der Waals surface area contributed by atoms with Crippen LogP contribution in [0.4, 0.5) is 0 Å². The summed E-state index contributed by atoms with van der Waals surface area (Å²) in [5.41, 5.74) is 2.12. The van der Waals surface area contributed by atoms with Crippen LogP contribution in [0, 0.1) is 0 Å². The predicted molar refractivity (Wildman–Crippen MR) is 183 cm³/mol. The van der Waals surface area contributed by atoms with E-state index in [4.69, 9.17) is 0 Å². The molecule has 0 radical (unpaired) electrons. The van der Waals surface area contributed by atoms with Gasteiger partial charge in [-0.25, -0.2) is 0 Å². The topological polar surface area (TPSA) is 0 Å². The van der Waals surface area contributed by atoms with Crippen molar-refractivity contribution >= 4 is 116 Å². The van der Waals surface area contributed by atoms with Gasteiger partial charge in [-0.2, -0.15) is 0 Å². The lowest BCUT2D eigenvalue weighted by Crippen LogP contribution is -2.30. The molecule has 188 valence electrons. The van der Waals surface area contributed by atoms with Crippen LogP contribution in [0.5, 0.6) is 0 Å². The van der Waals surface area contributed by atoms with Crippen LogP contribution >= 0.6 is 0 Å². The summed E-state index contributed by atoms with van der Waals surface area (Å²) in [5, 5.41) is 18.7. The van der Waals surface area contributed by atoms with Crippen molar-refractivity contribution in [2.75, 3.05) is 0 Å². The molecule has 0 atom stereocenters. The standard InChI is InChI=1S/C40H28/c1-9-27-13-11-15-29-31-17-19-33-34-20-18-32-30-16-12-14-28(10-2)36(30)22(4)24(6)38(32)40(34)26(8)25(7)39(33)37(31)23(5)21(3)35(27)29/h9-20H,1-8H2. The lowest BCUT2D eigenvalue weighted by atomic mass is 9.87. The van der Waals surface area contributed by atoms with Gasteiger partial charge in [-0.05, 0) is 107 Å². The molecular weight excluding hydrogens is 480 g/mol. The molecule has 0 bridgehead atoms. The molecule has 0 spiro atoms. The molecule has 7 rings (SSSR count). The molecule has 0 nitrogen and oxygen atoms in total. The highest BCUT2D eigenvalue weighted by atomic mass is 14.2. The second kappa shape index (κ2) is 8.15. The number of fused-ring (bicyclic) bond motifs is 11. The van der Waals surface area contributed by atoms with Crippen LogP contribution in [0.15, 0.2) is 73.8 Å². The van der Waals surface area contributed by atoms with Crippen molar-refractivity contribution in [3.63, 3.8) is 0 Å². The second-order valence-electron chi connectivity index (χ2n) is 10.6. The molecule has 0 heteroatoms. The van der Waals surface area contributed by atoms with Crippen molar-refractivity contribution in [1.82, 2.24) is 0 Å². The summed E-state index contributed by atoms with van der Waals surface area (Å²) in [4.78, 5) is 0. The van der Waals surface area contributed by atoms with Gasteiger partial charge in [0.1, 0.15) is 0 Å². The largest absolute Gasteiger partial charge is 0.0984 e. The highest BCUT2D eigenvalue weighted by molar-refractivity contribution is 6.27. The summed E-state index contributed by atoms with van der Waals surface area (Å²) in [7, 11) is 0. The first-order valence-electron chi connectivity index (χ1n) is 13.3. The van der Waals surface area contributed by atoms with E-state index >= 15 is 0 Å². The van der Waals surface area contributed by atoms with Gasteiger partial charge in [0, 0.05) is 0 Å². The van der Waals surface area contributed by atoms with Crippen molar-refractivity contribution in [3.8, 4) is 0 Å². The minimum atomic E-state index is 0.897. The Morgan fingerprint density at radius 2 is 0.575 bits per heavy atom. The van der Waals surface area contributed by atoms with E-state index in [2.05, 4.69) is 113 Å². The first kappa shape index (κ1) is 23.9. The zero-order valence-corrected chi connectivity index (χ0v) is 22.6. The fourth-order valence-electron chi connectivity index (χ4n) is 6.87. The third-order valence-corrected chi connectivity index (χ3v) is 8.82. The van der Waals surface area contributed by atoms with E-state index in [0.29, 0.717) is 0 Å². The molecule has 0 aliphatic carbocycles. The number of rotatable bonds is 2. The Kier molecular flexibility index (Phi) is 4.87. The maximum atomic E-state index is 4.61. The first-order chi connectivity index (χ1) is 19.3. The predicted octanol–water partition coefficient (Wildman–Crippen LogP) is 6.35. The Hall–Kier alpha value is -5.20. The monoisotopic (exact) mass is 508 g/mol. The minimum Gasteiger partial charge on any atom is -0.0984 e. The zero-order valence-electron chi connectivity index (χ0n) is 22.6. The van der Waals surface area contributed by atoms with Crippen molar-refractivity contribution in [1.29, 1.82) is 0 Å². The van der Waals surface area contributed by atoms with Crippen LogP contribution in [0.1, 0.15) is 11.1 Å². The molecule has 0 unspecified atom stereocenters. The first-order valence-corrected chi connectivity index (χ1v) is 13.3. The van der Waals surface area contributed by atoms with Crippen LogP contribution in [0.3, 0.4) is 0 Å². The van der Waals surface area contributed by atoms with Crippen molar-refractivity contribution in [2.45, 2.75) is 0 Å². The van der Waals surface area contributed by atoms with Gasteiger partial charge in [-0.3, -0.25) is 0 Å². The van der Waals surface area contributed by atoms with E-state index < -0.39 is 0 Å². The molecule has 0 saturated heterocycles. The van der Waals surface area contributed by atoms with Gasteiger partial charge < -0.3 is 0 Å². The molecule has 0 aliphatic heterocycles. The summed E-state index contributed by atoms with van der Waals surface area (Å²) in [6.07, 6.45) is 3.77. The Bertz CT molecular complexity index is 2480. The van der Waals surface area contributed by atoms with E-state index in [1.165, 1.54) is 0 Å². The molecule has 0 aromatic heterocycles. The van der Waals surface area contributed by atoms with Gasteiger partial charge in [0.05, 0.1) is 0 Å². The van der Waals surface area contributed by atoms with Crippen molar-refractivity contribution in [2.24, 2.45) is 0 Å². The number of benzene rings is 7. The normalized spacial score (nSPS) is 11.8. The number of hydrogen-bond donors (Lipinski definition) is 0. The lowest BCUT2D eigenvalue weighted by molar-refractivity contribution is 1.63. The molecular formula is C40H28. The van der Waals surface area contributed by atoms with Crippen LogP contribution in [-0.4, -0.2) is 0 Å². The average molecular weight is 509 g/mol. The van der Waals surface area contributed by atoms with E-state index in [0.717, 1.165) is 107 Å². The smallest absolute Gasteiger partial charge is 0.00203 e. The van der Waals surface area contributed by atoms with E-state index in [9.17, 15) is 0 Å². The fourth-order valence-corrected chi connectivity index (χ4v) is 6.87. The summed E-state index contributed by atoms with van der Waals surface area (Å²) in [6, 6.07) is 21.5. The Balaban J connectivity index is 1.79. The van der Waals surface area contributed by atoms with Crippen LogP contribution in [-0.2, 0) is 0 Å². The van der Waals surface area contributed by atoms with Gasteiger partial charge >= 0.3 is 0 Å². The van der Waals surface area contributed by atoms with E-state index in [-0.39, 0.29) is 0 Å². The van der Waals surface area contributed by atoms with Crippen molar-refractivity contribution in [3.05, 3.63) is 116 Å². The summed E-state index contributed by atoms with van der Waals surface area (Å²) in [6.45, 7) is 35.3. The molecule has 0 saturated carbocycles. The maximum absolute atomic E-state index is 4.61. The Morgan fingerprint density at radius 1 is 0.325 bits per heavy atom. The zero-order chi connectivity index (χ0) is 28.0. The molecule has 0 N–H and O–H groups in total. The molecule has 0 fully saturated rings. The van der Waals surface area contributed by atoms with Gasteiger partial charge in [0.2, 0.25) is 0 Å².